The van der Waals surface area contributed by atoms with Crippen LogP contribution in [0, 0.1) is 0 Å². The number of hydrogen-bond donors (Lipinski definition) is 3. The van der Waals surface area contributed by atoms with Gasteiger partial charge in [-0.05, 0) is 38.6 Å². The van der Waals surface area contributed by atoms with Gasteiger partial charge in [0.2, 0.25) is 10.0 Å². The van der Waals surface area contributed by atoms with Crippen molar-refractivity contribution in [3.05, 3.63) is 24.3 Å². The van der Waals surface area contributed by atoms with Gasteiger partial charge < -0.3 is 10.3 Å². The van der Waals surface area contributed by atoms with Gasteiger partial charge in [-0.25, -0.2) is 13.1 Å². The van der Waals surface area contributed by atoms with E-state index in [1.165, 1.54) is 0 Å². The van der Waals surface area contributed by atoms with Crippen LogP contribution in [-0.4, -0.2) is 39.5 Å². The summed E-state index contributed by atoms with van der Waals surface area (Å²) in [6, 6.07) is 6.56. The molecule has 0 aliphatic carbocycles. The molecule has 1 aromatic carbocycles. The molecule has 0 bridgehead atoms. The molecule has 1 atom stereocenters. The molecule has 1 aliphatic heterocycles. The molecule has 1 aliphatic rings. The number of nitrogens with two attached hydrogens (primary N) is 1. The van der Waals surface area contributed by atoms with Crippen LogP contribution in [-0.2, 0) is 10.0 Å². The number of nitrogen functional groups attached to an aromatic ring is 1. The highest BCUT2D eigenvalue weighted by molar-refractivity contribution is 7.89. The van der Waals surface area contributed by atoms with E-state index in [0.717, 1.165) is 25.9 Å². The minimum atomic E-state index is -3.55. The lowest BCUT2D eigenvalue weighted by molar-refractivity contribution is 0.242. The van der Waals surface area contributed by atoms with Crippen molar-refractivity contribution in [3.63, 3.8) is 0 Å². The molecule has 1 aromatic rings. The molecule has 0 saturated carbocycles. The lowest BCUT2D eigenvalue weighted by Gasteiger charge is -2.30. The molecule has 1 heterocycles. The smallest absolute Gasteiger partial charge is 0.242 e. The second kappa shape index (κ2) is 5.87. The molecule has 2 rings (SSSR count). The van der Waals surface area contributed by atoms with Crippen molar-refractivity contribution in [1.29, 1.82) is 0 Å². The molecule has 0 amide bonds. The molecule has 19 heavy (non-hydrogen) atoms. The SMILES string of the molecule is CN1CCCC(NS(=O)(=O)c2ccccc2NN)C1. The Labute approximate surface area is 114 Å². The lowest BCUT2D eigenvalue weighted by atomic mass is 10.1. The fourth-order valence-electron chi connectivity index (χ4n) is 2.37. The molecule has 106 valence electrons. The Hall–Kier alpha value is -1.15. The third-order valence-electron chi connectivity index (χ3n) is 3.28. The van der Waals surface area contributed by atoms with Crippen molar-refractivity contribution < 1.29 is 8.42 Å². The zero-order valence-electron chi connectivity index (χ0n) is 11.0. The number of anilines is 1. The number of para-hydroxylation sites is 1. The maximum Gasteiger partial charge on any atom is 0.242 e. The highest BCUT2D eigenvalue weighted by atomic mass is 32.2. The van der Waals surface area contributed by atoms with Gasteiger partial charge in [0.25, 0.3) is 0 Å². The van der Waals surface area contributed by atoms with Crippen molar-refractivity contribution in [1.82, 2.24) is 9.62 Å². The molecule has 0 aromatic heterocycles. The maximum atomic E-state index is 12.4. The number of hydrazine groups is 1. The number of rotatable bonds is 4. The molecular formula is C12H20N4O2S. The number of nitrogens with zero attached hydrogens (tertiary/aromatic N) is 1. The topological polar surface area (TPSA) is 87.5 Å². The van der Waals surface area contributed by atoms with Gasteiger partial charge in [-0.15, -0.1) is 0 Å². The molecule has 1 fully saturated rings. The van der Waals surface area contributed by atoms with Crippen LogP contribution >= 0.6 is 0 Å². The summed E-state index contributed by atoms with van der Waals surface area (Å²) in [7, 11) is -1.55. The number of benzene rings is 1. The van der Waals surface area contributed by atoms with Crippen molar-refractivity contribution in [3.8, 4) is 0 Å². The molecule has 1 saturated heterocycles. The number of sulfonamides is 1. The first-order valence-electron chi connectivity index (χ1n) is 6.29. The van der Waals surface area contributed by atoms with Crippen molar-refractivity contribution in [2.24, 2.45) is 5.84 Å². The quantitative estimate of drug-likeness (QED) is 0.548. The number of piperidine rings is 1. The first-order chi connectivity index (χ1) is 9.03. The number of nitrogens with one attached hydrogen (secondary N) is 2. The summed E-state index contributed by atoms with van der Waals surface area (Å²) in [5, 5.41) is 0. The van der Waals surface area contributed by atoms with Crippen LogP contribution in [0.5, 0.6) is 0 Å². The van der Waals surface area contributed by atoms with E-state index in [-0.39, 0.29) is 10.9 Å². The second-order valence-corrected chi connectivity index (χ2v) is 6.55. The normalized spacial score (nSPS) is 21.3. The van der Waals surface area contributed by atoms with Gasteiger partial charge in [-0.1, -0.05) is 12.1 Å². The van der Waals surface area contributed by atoms with Gasteiger partial charge in [0, 0.05) is 12.6 Å². The maximum absolute atomic E-state index is 12.4. The first-order valence-corrected chi connectivity index (χ1v) is 7.78. The van der Waals surface area contributed by atoms with Crippen LogP contribution in [0.15, 0.2) is 29.2 Å². The van der Waals surface area contributed by atoms with Gasteiger partial charge >= 0.3 is 0 Å². The predicted molar refractivity (Wildman–Crippen MR) is 75.1 cm³/mol. The highest BCUT2D eigenvalue weighted by Crippen LogP contribution is 2.20. The van der Waals surface area contributed by atoms with E-state index in [4.69, 9.17) is 5.84 Å². The Morgan fingerprint density at radius 3 is 2.79 bits per heavy atom. The molecule has 6 nitrogen and oxygen atoms in total. The fourth-order valence-corrected chi connectivity index (χ4v) is 3.80. The zero-order chi connectivity index (χ0) is 13.9. The third-order valence-corrected chi connectivity index (χ3v) is 4.86. The van der Waals surface area contributed by atoms with E-state index in [0.29, 0.717) is 5.69 Å². The van der Waals surface area contributed by atoms with Gasteiger partial charge in [0.1, 0.15) is 4.90 Å². The largest absolute Gasteiger partial charge is 0.323 e. The molecule has 0 radical (unpaired) electrons. The van der Waals surface area contributed by atoms with Gasteiger partial charge in [-0.2, -0.15) is 0 Å². The fraction of sp³-hybridized carbons (Fsp3) is 0.500. The van der Waals surface area contributed by atoms with Crippen LogP contribution in [0.4, 0.5) is 5.69 Å². The number of hydrogen-bond acceptors (Lipinski definition) is 5. The zero-order valence-corrected chi connectivity index (χ0v) is 11.8. The van der Waals surface area contributed by atoms with E-state index in [2.05, 4.69) is 15.0 Å². The first kappa shape index (κ1) is 14.3. The van der Waals surface area contributed by atoms with Crippen molar-refractivity contribution in [2.75, 3.05) is 25.6 Å². The Bertz CT molecular complexity index is 532. The van der Waals surface area contributed by atoms with Gasteiger partial charge in [-0.3, -0.25) is 5.84 Å². The van der Waals surface area contributed by atoms with Crippen LogP contribution < -0.4 is 16.0 Å². The molecular weight excluding hydrogens is 264 g/mol. The predicted octanol–water partition coefficient (Wildman–Crippen LogP) is 0.345. The van der Waals surface area contributed by atoms with Crippen molar-refractivity contribution >= 4 is 15.7 Å². The molecule has 4 N–H and O–H groups in total. The monoisotopic (exact) mass is 284 g/mol. The number of likely N-dealkylation sites (N-methyl/N-ethyl adjacent to an activating group) is 1. The van der Waals surface area contributed by atoms with Crippen LogP contribution in [0.3, 0.4) is 0 Å². The Morgan fingerprint density at radius 1 is 1.37 bits per heavy atom. The van der Waals surface area contributed by atoms with Crippen LogP contribution in [0.25, 0.3) is 0 Å². The minimum absolute atomic E-state index is 0.0467. The summed E-state index contributed by atoms with van der Waals surface area (Å²) in [6.45, 7) is 1.75. The third kappa shape index (κ3) is 3.44. The average molecular weight is 284 g/mol. The van der Waals surface area contributed by atoms with E-state index < -0.39 is 10.0 Å². The summed E-state index contributed by atoms with van der Waals surface area (Å²) in [5.74, 6) is 5.35. The molecule has 7 heteroatoms. The average Bonchev–Trinajstić information content (AvgIpc) is 2.38. The highest BCUT2D eigenvalue weighted by Gasteiger charge is 2.25. The molecule has 1 unspecified atom stereocenters. The van der Waals surface area contributed by atoms with Crippen LogP contribution in [0.1, 0.15) is 12.8 Å². The lowest BCUT2D eigenvalue weighted by Crippen LogP contribution is -2.46. The summed E-state index contributed by atoms with van der Waals surface area (Å²) in [4.78, 5) is 2.31. The van der Waals surface area contributed by atoms with Crippen LogP contribution in [0.2, 0.25) is 0 Å². The minimum Gasteiger partial charge on any atom is -0.323 e. The van der Waals surface area contributed by atoms with Crippen molar-refractivity contribution in [2.45, 2.75) is 23.8 Å². The summed E-state index contributed by atoms with van der Waals surface area (Å²) >= 11 is 0. The van der Waals surface area contributed by atoms with E-state index in [9.17, 15) is 8.42 Å². The summed E-state index contributed by atoms with van der Waals surface area (Å²) in [6.07, 6.45) is 1.86. The Balaban J connectivity index is 2.18. The number of likely N-dealkylation sites (tertiary alicyclic amines) is 1. The van der Waals surface area contributed by atoms with Gasteiger partial charge in [0.15, 0.2) is 0 Å². The Morgan fingerprint density at radius 2 is 2.11 bits per heavy atom. The van der Waals surface area contributed by atoms with Gasteiger partial charge in [0.05, 0.1) is 5.69 Å². The van der Waals surface area contributed by atoms with E-state index in [1.54, 1.807) is 24.3 Å². The summed E-state index contributed by atoms with van der Waals surface area (Å²) < 4.78 is 27.5. The van der Waals surface area contributed by atoms with E-state index >= 15 is 0 Å². The van der Waals surface area contributed by atoms with E-state index in [1.807, 2.05) is 7.05 Å². The Kier molecular flexibility index (Phi) is 4.41. The molecule has 0 spiro atoms. The summed E-state index contributed by atoms with van der Waals surface area (Å²) in [5.41, 5.74) is 2.82. The standard InChI is InChI=1S/C12H20N4O2S/c1-16-8-4-5-10(9-16)15-19(17,18)12-7-3-2-6-11(12)14-13/h2-3,6-7,10,14-15H,4-5,8-9,13H2,1H3. The second-order valence-electron chi connectivity index (χ2n) is 4.86.